The van der Waals surface area contributed by atoms with E-state index in [1.54, 1.807) is 0 Å². The van der Waals surface area contributed by atoms with Gasteiger partial charge >= 0.3 is 0 Å². The van der Waals surface area contributed by atoms with E-state index in [1.807, 2.05) is 0 Å². The predicted octanol–water partition coefficient (Wildman–Crippen LogP) is 6.52. The lowest BCUT2D eigenvalue weighted by atomic mass is 10.0. The fourth-order valence-electron chi connectivity index (χ4n) is 1.54. The van der Waals surface area contributed by atoms with Gasteiger partial charge < -0.3 is 4.90 Å². The van der Waals surface area contributed by atoms with Gasteiger partial charge in [-0.15, -0.1) is 0 Å². The van der Waals surface area contributed by atoms with Crippen molar-refractivity contribution in [2.45, 2.75) is 98.8 Å². The fourth-order valence-corrected chi connectivity index (χ4v) is 1.54. The zero-order valence-corrected chi connectivity index (χ0v) is 15.2. The zero-order chi connectivity index (χ0) is 15.4. The van der Waals surface area contributed by atoms with E-state index in [-0.39, 0.29) is 0 Å². The molecule has 0 aliphatic heterocycles. The standard InChI is InChI=1S/C6H15N.C6H12.2C3H8/c1-4-5-6-7(2)3;1-2-4-6-5-3-1;2*1-3-2/h4-6H2,1-3H3;1-6H2;2*3H2,1-2H3. The highest BCUT2D eigenvalue weighted by molar-refractivity contribution is 4.51. The second kappa shape index (κ2) is 26.5. The van der Waals surface area contributed by atoms with Crippen LogP contribution in [0, 0.1) is 0 Å². The first-order chi connectivity index (χ1) is 9.10. The van der Waals surface area contributed by atoms with E-state index in [1.165, 1.54) is 70.8 Å². The first-order valence-electron chi connectivity index (χ1n) is 8.75. The van der Waals surface area contributed by atoms with E-state index in [0.717, 1.165) is 0 Å². The van der Waals surface area contributed by atoms with Crippen LogP contribution in [0.1, 0.15) is 98.8 Å². The van der Waals surface area contributed by atoms with Crippen LogP contribution in [-0.2, 0) is 0 Å². The molecule has 0 aromatic carbocycles. The average molecular weight is 274 g/mol. The summed E-state index contributed by atoms with van der Waals surface area (Å²) in [4.78, 5) is 2.21. The Morgan fingerprint density at radius 1 is 0.632 bits per heavy atom. The summed E-state index contributed by atoms with van der Waals surface area (Å²) in [6.07, 6.45) is 14.1. The topological polar surface area (TPSA) is 3.24 Å². The molecule has 0 radical (unpaired) electrons. The lowest BCUT2D eigenvalue weighted by Crippen LogP contribution is -2.12. The SMILES string of the molecule is C1CCCCC1.CCC.CCC.CCCCN(C)C. The van der Waals surface area contributed by atoms with Crippen molar-refractivity contribution in [1.29, 1.82) is 0 Å². The first kappa shape index (κ1) is 24.0. The van der Waals surface area contributed by atoms with Gasteiger partial charge in [0.2, 0.25) is 0 Å². The number of hydrogen-bond donors (Lipinski definition) is 0. The largest absolute Gasteiger partial charge is 0.309 e. The summed E-state index contributed by atoms with van der Waals surface area (Å²) in [6, 6.07) is 0. The van der Waals surface area contributed by atoms with Crippen LogP contribution in [0.4, 0.5) is 0 Å². The van der Waals surface area contributed by atoms with Crippen LogP contribution in [0.15, 0.2) is 0 Å². The van der Waals surface area contributed by atoms with Gasteiger partial charge in [0.05, 0.1) is 0 Å². The molecule has 1 rings (SSSR count). The Morgan fingerprint density at radius 3 is 1.00 bits per heavy atom. The van der Waals surface area contributed by atoms with Crippen LogP contribution in [0.2, 0.25) is 0 Å². The maximum Gasteiger partial charge on any atom is -0.00249 e. The summed E-state index contributed by atoms with van der Waals surface area (Å²) in [5.74, 6) is 0. The third-order valence-corrected chi connectivity index (χ3v) is 2.46. The van der Waals surface area contributed by atoms with E-state index in [0.29, 0.717) is 0 Å². The third-order valence-electron chi connectivity index (χ3n) is 2.46. The van der Waals surface area contributed by atoms with Gasteiger partial charge in [-0.1, -0.05) is 92.4 Å². The minimum atomic E-state index is 1.23. The molecule has 0 heterocycles. The molecule has 0 aromatic heterocycles. The van der Waals surface area contributed by atoms with Crippen molar-refractivity contribution in [3.63, 3.8) is 0 Å². The molecular weight excluding hydrogens is 230 g/mol. The van der Waals surface area contributed by atoms with Crippen LogP contribution in [-0.4, -0.2) is 25.5 Å². The number of nitrogens with zero attached hydrogens (tertiary/aromatic N) is 1. The molecule has 0 spiro atoms. The maximum atomic E-state index is 2.21. The van der Waals surface area contributed by atoms with Crippen molar-refractivity contribution in [2.75, 3.05) is 20.6 Å². The molecule has 1 fully saturated rings. The smallest absolute Gasteiger partial charge is 0.00249 e. The Labute approximate surface area is 125 Å². The fraction of sp³-hybridized carbons (Fsp3) is 1.00. The van der Waals surface area contributed by atoms with E-state index in [9.17, 15) is 0 Å². The van der Waals surface area contributed by atoms with Crippen molar-refractivity contribution < 1.29 is 0 Å². The lowest BCUT2D eigenvalue weighted by molar-refractivity contribution is 0.398. The Kier molecular flexibility index (Phi) is 33.5. The van der Waals surface area contributed by atoms with E-state index in [2.05, 4.69) is 53.6 Å². The van der Waals surface area contributed by atoms with Crippen molar-refractivity contribution in [1.82, 2.24) is 4.90 Å². The Morgan fingerprint density at radius 2 is 0.895 bits per heavy atom. The van der Waals surface area contributed by atoms with Gasteiger partial charge in [0, 0.05) is 0 Å². The van der Waals surface area contributed by atoms with Crippen molar-refractivity contribution in [3.05, 3.63) is 0 Å². The average Bonchev–Trinajstić information content (AvgIpc) is 2.41. The molecular formula is C18H43N. The summed E-state index contributed by atoms with van der Waals surface area (Å²) in [6.45, 7) is 11.9. The molecule has 1 aliphatic carbocycles. The van der Waals surface area contributed by atoms with Crippen molar-refractivity contribution in [3.8, 4) is 0 Å². The number of rotatable bonds is 3. The molecule has 0 unspecified atom stereocenters. The molecule has 0 aromatic rings. The third kappa shape index (κ3) is 46.1. The Bertz CT molecular complexity index is 92.7. The van der Waals surface area contributed by atoms with Gasteiger partial charge in [0.25, 0.3) is 0 Å². The monoisotopic (exact) mass is 273 g/mol. The van der Waals surface area contributed by atoms with Crippen LogP contribution in [0.3, 0.4) is 0 Å². The molecule has 1 aliphatic rings. The molecule has 0 saturated heterocycles. The van der Waals surface area contributed by atoms with Gasteiger partial charge in [0.15, 0.2) is 0 Å². The molecule has 0 N–H and O–H groups in total. The summed E-state index contributed by atoms with van der Waals surface area (Å²) < 4.78 is 0. The quantitative estimate of drug-likeness (QED) is 0.565. The van der Waals surface area contributed by atoms with E-state index < -0.39 is 0 Å². The minimum Gasteiger partial charge on any atom is -0.309 e. The van der Waals surface area contributed by atoms with Crippen LogP contribution in [0.25, 0.3) is 0 Å². The number of hydrogen-bond acceptors (Lipinski definition) is 1. The highest BCUT2D eigenvalue weighted by Gasteiger charge is 1.95. The molecule has 19 heavy (non-hydrogen) atoms. The Balaban J connectivity index is -0.000000194. The van der Waals surface area contributed by atoms with Crippen molar-refractivity contribution in [2.24, 2.45) is 0 Å². The highest BCUT2D eigenvalue weighted by Crippen LogP contribution is 2.15. The van der Waals surface area contributed by atoms with Crippen LogP contribution >= 0.6 is 0 Å². The summed E-state index contributed by atoms with van der Waals surface area (Å²) in [5, 5.41) is 0. The molecule has 0 amide bonds. The van der Waals surface area contributed by atoms with Gasteiger partial charge in [-0.05, 0) is 27.1 Å². The maximum absolute atomic E-state index is 2.21. The lowest BCUT2D eigenvalue weighted by Gasteiger charge is -2.05. The Hall–Kier alpha value is -0.0400. The van der Waals surface area contributed by atoms with Crippen LogP contribution < -0.4 is 0 Å². The second-order valence-electron chi connectivity index (χ2n) is 5.69. The molecule has 1 saturated carbocycles. The molecule has 1 heteroatoms. The molecule has 0 atom stereocenters. The van der Waals surface area contributed by atoms with Crippen molar-refractivity contribution >= 4 is 0 Å². The molecule has 0 bridgehead atoms. The molecule has 1 nitrogen and oxygen atoms in total. The van der Waals surface area contributed by atoms with Crippen LogP contribution in [0.5, 0.6) is 0 Å². The summed E-state index contributed by atoms with van der Waals surface area (Å²) in [5.41, 5.74) is 0. The van der Waals surface area contributed by atoms with Gasteiger partial charge in [-0.25, -0.2) is 0 Å². The summed E-state index contributed by atoms with van der Waals surface area (Å²) >= 11 is 0. The normalized spacial score (nSPS) is 13.3. The van der Waals surface area contributed by atoms with E-state index >= 15 is 0 Å². The first-order valence-corrected chi connectivity index (χ1v) is 8.75. The highest BCUT2D eigenvalue weighted by atomic mass is 15.0. The van der Waals surface area contributed by atoms with Gasteiger partial charge in [0.1, 0.15) is 0 Å². The summed E-state index contributed by atoms with van der Waals surface area (Å²) in [7, 11) is 4.21. The predicted molar refractivity (Wildman–Crippen MR) is 93.1 cm³/mol. The second-order valence-corrected chi connectivity index (χ2v) is 5.69. The van der Waals surface area contributed by atoms with Gasteiger partial charge in [-0.3, -0.25) is 0 Å². The molecule has 120 valence electrons. The van der Waals surface area contributed by atoms with E-state index in [4.69, 9.17) is 0 Å². The number of unbranched alkanes of at least 4 members (excludes halogenated alkanes) is 1. The van der Waals surface area contributed by atoms with Gasteiger partial charge in [-0.2, -0.15) is 0 Å². The minimum absolute atomic E-state index is 1.23. The zero-order valence-electron chi connectivity index (χ0n) is 15.2.